The highest BCUT2D eigenvalue weighted by Gasteiger charge is 2.36. The molecule has 0 bridgehead atoms. The summed E-state index contributed by atoms with van der Waals surface area (Å²) in [6.07, 6.45) is 7.00. The second kappa shape index (κ2) is 5.88. The number of sulfone groups is 1. The van der Waals surface area contributed by atoms with Crippen LogP contribution in [0.15, 0.2) is 0 Å². The molecule has 1 heterocycles. The first-order chi connectivity index (χ1) is 8.53. The van der Waals surface area contributed by atoms with Gasteiger partial charge in [0.05, 0.1) is 11.5 Å². The normalized spacial score (nSPS) is 36.7. The van der Waals surface area contributed by atoms with Crippen molar-refractivity contribution in [2.24, 2.45) is 11.7 Å². The van der Waals surface area contributed by atoms with E-state index in [1.165, 1.54) is 32.1 Å². The molecular weight excluding hydrogens is 248 g/mol. The van der Waals surface area contributed by atoms with Crippen LogP contribution in [0, 0.1) is 5.92 Å². The average Bonchev–Trinajstić information content (AvgIpc) is 2.57. The lowest BCUT2D eigenvalue weighted by molar-refractivity contribution is 0.129. The molecule has 0 aromatic heterocycles. The molecule has 1 saturated heterocycles. The fraction of sp³-hybridized carbons (Fsp3) is 1.00. The number of nitrogens with zero attached hydrogens (tertiary/aromatic N) is 1. The first kappa shape index (κ1) is 14.3. The molecule has 2 N–H and O–H groups in total. The topological polar surface area (TPSA) is 63.4 Å². The largest absolute Gasteiger partial charge is 0.330 e. The van der Waals surface area contributed by atoms with Crippen LogP contribution in [0.5, 0.6) is 0 Å². The Labute approximate surface area is 111 Å². The van der Waals surface area contributed by atoms with Crippen LogP contribution in [0.1, 0.15) is 38.5 Å². The highest BCUT2D eigenvalue weighted by Crippen LogP contribution is 2.29. The van der Waals surface area contributed by atoms with Crippen molar-refractivity contribution in [1.29, 1.82) is 0 Å². The lowest BCUT2D eigenvalue weighted by Crippen LogP contribution is -2.46. The number of rotatable bonds is 3. The second-order valence-corrected chi connectivity index (χ2v) is 8.15. The molecular formula is C13H26N2O2S. The highest BCUT2D eigenvalue weighted by atomic mass is 32.2. The quantitative estimate of drug-likeness (QED) is 0.780. The van der Waals surface area contributed by atoms with Gasteiger partial charge in [-0.15, -0.1) is 0 Å². The fourth-order valence-corrected chi connectivity index (χ4v) is 5.33. The van der Waals surface area contributed by atoms with E-state index in [4.69, 9.17) is 5.73 Å². The van der Waals surface area contributed by atoms with Gasteiger partial charge in [-0.3, -0.25) is 4.90 Å². The molecule has 0 spiro atoms. The van der Waals surface area contributed by atoms with Gasteiger partial charge in [-0.25, -0.2) is 8.42 Å². The van der Waals surface area contributed by atoms with Crippen LogP contribution in [0.25, 0.3) is 0 Å². The summed E-state index contributed by atoms with van der Waals surface area (Å²) in [5, 5.41) is 0. The molecule has 1 aliphatic carbocycles. The third kappa shape index (κ3) is 3.25. The van der Waals surface area contributed by atoms with Crippen molar-refractivity contribution in [3.05, 3.63) is 0 Å². The summed E-state index contributed by atoms with van der Waals surface area (Å²) in [7, 11) is -0.684. The molecule has 3 atom stereocenters. The van der Waals surface area contributed by atoms with Gasteiger partial charge >= 0.3 is 0 Å². The van der Waals surface area contributed by atoms with E-state index in [2.05, 4.69) is 11.9 Å². The maximum absolute atomic E-state index is 11.6. The standard InChI is InChI=1S/C13H26N2O2S/c1-15(12-7-8-18(16,17)10-12)13-6-4-2-3-5-11(13)9-14/h11-13H,2-10,14H2,1H3. The van der Waals surface area contributed by atoms with E-state index >= 15 is 0 Å². The Kier molecular flexibility index (Phi) is 4.67. The molecule has 3 unspecified atom stereocenters. The van der Waals surface area contributed by atoms with Gasteiger partial charge in [0.2, 0.25) is 0 Å². The third-order valence-corrected chi connectivity index (χ3v) is 6.48. The minimum atomic E-state index is -2.79. The molecule has 0 amide bonds. The summed E-state index contributed by atoms with van der Waals surface area (Å²) < 4.78 is 23.2. The van der Waals surface area contributed by atoms with Gasteiger partial charge in [-0.2, -0.15) is 0 Å². The van der Waals surface area contributed by atoms with Crippen molar-refractivity contribution < 1.29 is 8.42 Å². The number of hydrogen-bond donors (Lipinski definition) is 1. The van der Waals surface area contributed by atoms with E-state index in [1.54, 1.807) is 0 Å². The van der Waals surface area contributed by atoms with E-state index in [0.717, 1.165) is 13.0 Å². The van der Waals surface area contributed by atoms with Crippen molar-refractivity contribution in [2.45, 2.75) is 50.6 Å². The zero-order valence-electron chi connectivity index (χ0n) is 11.3. The van der Waals surface area contributed by atoms with Crippen molar-refractivity contribution in [2.75, 3.05) is 25.1 Å². The maximum Gasteiger partial charge on any atom is 0.151 e. The molecule has 1 saturated carbocycles. The molecule has 18 heavy (non-hydrogen) atoms. The van der Waals surface area contributed by atoms with Crippen LogP contribution in [0.4, 0.5) is 0 Å². The van der Waals surface area contributed by atoms with Gasteiger partial charge in [0.25, 0.3) is 0 Å². The summed E-state index contributed by atoms with van der Waals surface area (Å²) in [4.78, 5) is 2.33. The van der Waals surface area contributed by atoms with Crippen molar-refractivity contribution in [1.82, 2.24) is 4.90 Å². The predicted octanol–water partition coefficient (Wildman–Crippen LogP) is 1.01. The SMILES string of the molecule is CN(C1CCS(=O)(=O)C1)C1CCCCCC1CN. The van der Waals surface area contributed by atoms with Crippen LogP contribution in [0.3, 0.4) is 0 Å². The predicted molar refractivity (Wildman–Crippen MR) is 74.2 cm³/mol. The lowest BCUT2D eigenvalue weighted by Gasteiger charge is -2.36. The zero-order chi connectivity index (χ0) is 13.2. The van der Waals surface area contributed by atoms with Crippen molar-refractivity contribution >= 4 is 9.84 Å². The average molecular weight is 274 g/mol. The minimum Gasteiger partial charge on any atom is -0.330 e. The summed E-state index contributed by atoms with van der Waals surface area (Å²) in [5.74, 6) is 1.25. The van der Waals surface area contributed by atoms with Gasteiger partial charge in [0, 0.05) is 12.1 Å². The summed E-state index contributed by atoms with van der Waals surface area (Å²) in [6, 6.07) is 0.697. The van der Waals surface area contributed by atoms with E-state index < -0.39 is 9.84 Å². The van der Waals surface area contributed by atoms with Gasteiger partial charge in [0.15, 0.2) is 9.84 Å². The lowest BCUT2D eigenvalue weighted by atomic mass is 9.92. The number of nitrogens with two attached hydrogens (primary N) is 1. The first-order valence-electron chi connectivity index (χ1n) is 7.16. The molecule has 0 aromatic carbocycles. The zero-order valence-corrected chi connectivity index (χ0v) is 12.2. The van der Waals surface area contributed by atoms with Gasteiger partial charge in [-0.05, 0) is 38.8 Å². The molecule has 1 aliphatic heterocycles. The Hall–Kier alpha value is -0.130. The fourth-order valence-electron chi connectivity index (χ4n) is 3.54. The van der Waals surface area contributed by atoms with Crippen LogP contribution >= 0.6 is 0 Å². The molecule has 4 nitrogen and oxygen atoms in total. The summed E-state index contributed by atoms with van der Waals surface area (Å²) in [5.41, 5.74) is 5.91. The molecule has 0 radical (unpaired) electrons. The molecule has 2 rings (SSSR count). The Morgan fingerprint density at radius 3 is 2.50 bits per heavy atom. The van der Waals surface area contributed by atoms with Gasteiger partial charge < -0.3 is 5.73 Å². The van der Waals surface area contributed by atoms with Crippen molar-refractivity contribution in [3.63, 3.8) is 0 Å². The van der Waals surface area contributed by atoms with E-state index in [9.17, 15) is 8.42 Å². The highest BCUT2D eigenvalue weighted by molar-refractivity contribution is 7.91. The Balaban J connectivity index is 2.04. The molecule has 2 fully saturated rings. The Morgan fingerprint density at radius 2 is 1.89 bits per heavy atom. The third-order valence-electron chi connectivity index (χ3n) is 4.73. The van der Waals surface area contributed by atoms with E-state index in [-0.39, 0.29) is 6.04 Å². The second-order valence-electron chi connectivity index (χ2n) is 5.92. The van der Waals surface area contributed by atoms with Gasteiger partial charge in [0.1, 0.15) is 0 Å². The monoisotopic (exact) mass is 274 g/mol. The van der Waals surface area contributed by atoms with Crippen molar-refractivity contribution in [3.8, 4) is 0 Å². The maximum atomic E-state index is 11.6. The van der Waals surface area contributed by atoms with Crippen LogP contribution in [-0.4, -0.2) is 50.5 Å². The molecule has 0 aromatic rings. The van der Waals surface area contributed by atoms with Crippen LogP contribution in [-0.2, 0) is 9.84 Å². The Bertz CT molecular complexity index is 369. The smallest absolute Gasteiger partial charge is 0.151 e. The number of hydrogen-bond acceptors (Lipinski definition) is 4. The van der Waals surface area contributed by atoms with E-state index in [0.29, 0.717) is 23.5 Å². The molecule has 2 aliphatic rings. The van der Waals surface area contributed by atoms with Crippen LogP contribution < -0.4 is 5.73 Å². The molecule has 106 valence electrons. The summed E-state index contributed by atoms with van der Waals surface area (Å²) in [6.45, 7) is 0.731. The Morgan fingerprint density at radius 1 is 1.17 bits per heavy atom. The minimum absolute atomic E-state index is 0.215. The van der Waals surface area contributed by atoms with E-state index in [1.807, 2.05) is 0 Å². The van der Waals surface area contributed by atoms with Gasteiger partial charge in [-0.1, -0.05) is 19.3 Å². The molecule has 5 heteroatoms. The first-order valence-corrected chi connectivity index (χ1v) is 8.98. The summed E-state index contributed by atoms with van der Waals surface area (Å²) >= 11 is 0. The van der Waals surface area contributed by atoms with Crippen LogP contribution in [0.2, 0.25) is 0 Å².